The molecule has 2 aromatic carbocycles. The molecule has 296 valence electrons. The maximum atomic E-state index is 13.5. The number of aromatic nitrogens is 4. The van der Waals surface area contributed by atoms with Crippen molar-refractivity contribution in [2.45, 2.75) is 26.6 Å². The Morgan fingerprint density at radius 1 is 0.589 bits per heavy atom. The third-order valence-corrected chi connectivity index (χ3v) is 51.5. The van der Waals surface area contributed by atoms with Crippen molar-refractivity contribution >= 4 is 214 Å². The van der Waals surface area contributed by atoms with E-state index < -0.39 is 29.4 Å². The molecule has 56 heavy (non-hydrogen) atoms. The molecule has 2 spiro atoms. The molecule has 2 N–H and O–H groups in total. The predicted octanol–water partition coefficient (Wildman–Crippen LogP) is 12.6. The fraction of sp³-hybridized carbons (Fsp3) is 0.0833. The number of methoxy groups -OCH3 is 2. The number of hydrogen-bond donors (Lipinski definition) is 2. The zero-order valence-electron chi connectivity index (χ0n) is 27.1. The number of nitrogens with zero attached hydrogens (tertiary/aromatic N) is 6. The van der Waals surface area contributed by atoms with E-state index in [2.05, 4.69) is 35.8 Å². The van der Waals surface area contributed by atoms with Gasteiger partial charge in [0.25, 0.3) is 0 Å². The van der Waals surface area contributed by atoms with Gasteiger partial charge < -0.3 is 0 Å². The van der Waals surface area contributed by atoms with Crippen LogP contribution in [-0.4, -0.2) is 48.5 Å². The first kappa shape index (κ1) is 41.0. The summed E-state index contributed by atoms with van der Waals surface area (Å²) in [7, 11) is -5.47. The Morgan fingerprint density at radius 2 is 0.911 bits per heavy atom. The fourth-order valence-corrected chi connectivity index (χ4v) is 76.8. The van der Waals surface area contributed by atoms with Gasteiger partial charge in [-0.05, 0) is 0 Å². The zero-order chi connectivity index (χ0) is 39.5. The number of rotatable bonds is 10. The Balaban J connectivity index is 1.17. The van der Waals surface area contributed by atoms with Crippen LogP contribution in [-0.2, 0) is 20.0 Å². The quantitative estimate of drug-likeness (QED) is 0.0980. The molecular formula is C24H16Cl2N8O6P2S14. The van der Waals surface area contributed by atoms with Crippen molar-refractivity contribution < 1.29 is 26.3 Å². The number of hydrogen-bond acceptors (Lipinski definition) is 24. The molecule has 0 radical (unpaired) electrons. The Labute approximate surface area is 378 Å². The molecule has 0 aliphatic carbocycles. The molecule has 14 nitrogen and oxygen atoms in total. The van der Waals surface area contributed by atoms with E-state index in [1.807, 2.05) is 0 Å². The van der Waals surface area contributed by atoms with Crippen LogP contribution in [0.4, 0.5) is 23.0 Å². The van der Waals surface area contributed by atoms with Crippen LogP contribution in [0.1, 0.15) is 0 Å². The average Bonchev–Trinajstić information content (AvgIpc) is 3.97. The Morgan fingerprint density at radius 3 is 1.21 bits per heavy atom. The van der Waals surface area contributed by atoms with Crippen molar-refractivity contribution in [3.05, 3.63) is 54.8 Å². The van der Waals surface area contributed by atoms with Crippen LogP contribution < -0.4 is 27.8 Å². The molecule has 0 atom stereocenters. The maximum absolute atomic E-state index is 13.5. The van der Waals surface area contributed by atoms with E-state index in [1.165, 1.54) is 129 Å². The van der Waals surface area contributed by atoms with Crippen molar-refractivity contribution in [2.75, 3.05) is 32.5 Å². The van der Waals surface area contributed by atoms with Crippen molar-refractivity contribution in [1.82, 2.24) is 17.5 Å². The molecule has 9 rings (SSSR count). The van der Waals surface area contributed by atoms with E-state index in [-0.39, 0.29) is 33.2 Å². The van der Waals surface area contributed by atoms with Crippen molar-refractivity contribution in [3.63, 3.8) is 0 Å². The number of nitrogens with one attached hydrogen (secondary N) is 2. The van der Waals surface area contributed by atoms with Gasteiger partial charge in [0.05, 0.1) is 0 Å². The number of anilines is 4. The van der Waals surface area contributed by atoms with Gasteiger partial charge in [-0.2, -0.15) is 0 Å². The normalized spacial score (nSPS) is 19.9. The Hall–Kier alpha value is -0.360. The summed E-state index contributed by atoms with van der Waals surface area (Å²) in [5, 5.41) is 0. The van der Waals surface area contributed by atoms with Gasteiger partial charge in [0.15, 0.2) is 0 Å². The third-order valence-electron chi connectivity index (χ3n) is 7.75. The van der Waals surface area contributed by atoms with Gasteiger partial charge in [0.1, 0.15) is 0 Å². The molecule has 6 aromatic rings. The van der Waals surface area contributed by atoms with Crippen LogP contribution in [0, 0.1) is 6.28 Å². The van der Waals surface area contributed by atoms with E-state index >= 15 is 0 Å². The summed E-state index contributed by atoms with van der Waals surface area (Å²) < 4.78 is 86.5. The van der Waals surface area contributed by atoms with E-state index in [0.29, 0.717) is 11.4 Å². The van der Waals surface area contributed by atoms with Crippen LogP contribution in [0.5, 0.6) is 11.8 Å². The minimum absolute atomic E-state index is 0.0230. The summed E-state index contributed by atoms with van der Waals surface area (Å²) in [6, 6.07) is 12.7. The predicted molar refractivity (Wildman–Crippen MR) is 247 cm³/mol. The molecule has 7 heterocycles. The van der Waals surface area contributed by atoms with Gasteiger partial charge in [-0.15, -0.1) is 0 Å². The van der Waals surface area contributed by atoms with Gasteiger partial charge in [0.2, 0.25) is 0 Å². The Kier molecular flexibility index (Phi) is 10.3. The first-order valence-corrected chi connectivity index (χ1v) is 34.9. The topological polar surface area (TPSA) is 169 Å². The van der Waals surface area contributed by atoms with Crippen LogP contribution in [0.3, 0.4) is 0 Å². The molecular weight excluding hydrogens is 1080 g/mol. The molecule has 0 unspecified atom stereocenters. The number of ether oxygens (including phenoxy) is 2. The van der Waals surface area contributed by atoms with Gasteiger partial charge >= 0.3 is 383 Å². The average molecular weight is 1090 g/mol. The first-order chi connectivity index (χ1) is 26.5. The summed E-state index contributed by atoms with van der Waals surface area (Å²) in [4.78, 5) is -0.0659. The molecule has 0 saturated carbocycles. The second-order valence-electron chi connectivity index (χ2n) is 11.0. The zero-order valence-corrected chi connectivity index (χ0v) is 41.8. The number of fused-ring (bicyclic) bond motifs is 2. The SMILES string of the molecule is COc1nsnc1NS(=O)(=O)c1ccc(N2P3(Cl)(Sc4sc(=S)sc4S3)N(c3ccc(S(=O)(=O)Nc4nsnc4OC)cc3)P23(Cl)Sc2sc(=S)sc2S3)cc1. The molecule has 3 aliphatic heterocycles. The molecule has 3 aliphatic rings. The van der Waals surface area contributed by atoms with E-state index in [0.717, 1.165) is 46.6 Å². The second kappa shape index (κ2) is 14.1. The minimum atomic E-state index is -4.11. The van der Waals surface area contributed by atoms with Gasteiger partial charge in [-0.3, -0.25) is 0 Å². The summed E-state index contributed by atoms with van der Waals surface area (Å²) in [5.41, 5.74) is 1.19. The molecule has 4 aromatic heterocycles. The fourth-order valence-electron chi connectivity index (χ4n) is 5.65. The summed E-state index contributed by atoms with van der Waals surface area (Å²) in [6.45, 7) is 0. The summed E-state index contributed by atoms with van der Waals surface area (Å²) >= 11 is 41.3. The van der Waals surface area contributed by atoms with Crippen molar-refractivity contribution in [2.24, 2.45) is 0 Å². The summed E-state index contributed by atoms with van der Waals surface area (Å²) in [6.07, 6.45) is 0. The number of halogens is 2. The molecule has 1 saturated heterocycles. The monoisotopic (exact) mass is 1090 g/mol. The van der Waals surface area contributed by atoms with E-state index in [9.17, 15) is 16.8 Å². The van der Waals surface area contributed by atoms with Gasteiger partial charge in [0, 0.05) is 0 Å². The van der Waals surface area contributed by atoms with Gasteiger partial charge in [-0.1, -0.05) is 0 Å². The molecule has 1 fully saturated rings. The number of benzene rings is 2. The Bertz CT molecular complexity index is 2670. The third kappa shape index (κ3) is 6.30. The standard InChI is InChI=1S/C24H16Cl2N8O6P2S14/c1-39-17-15(27-53-29-17)31-55(35,36)13-7-3-11(4-8-13)33-41(25,49-19-20(50-41)46-23(43)45-19)34(42(33,26)51-21-22(52-42)48-24(44)47-21)12-5-9-14(10-6-12)56(37,38)32-16-18(40-2)30-54-28-16/h3-10H,1-2H3,(H,27,31)(H,28,32). The van der Waals surface area contributed by atoms with Crippen LogP contribution in [0.25, 0.3) is 0 Å². The van der Waals surface area contributed by atoms with Crippen LogP contribution in [0.15, 0.2) is 75.2 Å². The molecule has 32 heteroatoms. The van der Waals surface area contributed by atoms with Gasteiger partial charge in [-0.25, -0.2) is 0 Å². The van der Waals surface area contributed by atoms with Crippen LogP contribution >= 0.6 is 171 Å². The van der Waals surface area contributed by atoms with Crippen LogP contribution in [0.2, 0.25) is 0 Å². The summed E-state index contributed by atoms with van der Waals surface area (Å²) in [5.74, 6) is 0.0655. The van der Waals surface area contributed by atoms with Crippen molar-refractivity contribution in [3.8, 4) is 11.8 Å². The van der Waals surface area contributed by atoms with E-state index in [4.69, 9.17) is 56.4 Å². The number of sulfonamides is 2. The molecule has 0 bridgehead atoms. The molecule has 0 amide bonds. The van der Waals surface area contributed by atoms with Crippen molar-refractivity contribution in [1.29, 1.82) is 0 Å². The first-order valence-electron chi connectivity index (χ1n) is 14.6. The second-order valence-corrected chi connectivity index (χ2v) is 48.7. The van der Waals surface area contributed by atoms with E-state index in [1.54, 1.807) is 24.3 Å².